The summed E-state index contributed by atoms with van der Waals surface area (Å²) in [5.74, 6) is -0.334. The zero-order valence-corrected chi connectivity index (χ0v) is 13.5. The molecule has 1 aromatic carbocycles. The van der Waals surface area contributed by atoms with E-state index in [-0.39, 0.29) is 12.8 Å². The highest BCUT2D eigenvalue weighted by molar-refractivity contribution is 6.01. The van der Waals surface area contributed by atoms with Gasteiger partial charge in [0.05, 0.1) is 21.3 Å². The van der Waals surface area contributed by atoms with E-state index >= 15 is 0 Å². The summed E-state index contributed by atoms with van der Waals surface area (Å²) in [7, 11) is 4.17. The van der Waals surface area contributed by atoms with E-state index in [1.54, 1.807) is 7.11 Å². The average Bonchev–Trinajstić information content (AvgIpc) is 3.04. The molecule has 0 aromatic heterocycles. The van der Waals surface area contributed by atoms with Gasteiger partial charge < -0.3 is 14.2 Å². The molecule has 1 aliphatic carbocycles. The molecular weight excluding hydrogens is 296 g/mol. The maximum Gasteiger partial charge on any atom is 0.323 e. The molecule has 0 unspecified atom stereocenters. The van der Waals surface area contributed by atoms with Crippen molar-refractivity contribution < 1.29 is 23.8 Å². The second-order valence-corrected chi connectivity index (χ2v) is 5.33. The SMILES string of the molecule is COC(=O)C1(C(=O)OC)CC=C(/C=C/c2ccc(OC)cc2)C1. The summed E-state index contributed by atoms with van der Waals surface area (Å²) in [5, 5.41) is 0. The van der Waals surface area contributed by atoms with Crippen LogP contribution < -0.4 is 4.74 Å². The zero-order chi connectivity index (χ0) is 16.9. The molecule has 1 aliphatic rings. The quantitative estimate of drug-likeness (QED) is 0.617. The normalized spacial score (nSPS) is 16.0. The molecule has 0 N–H and O–H groups in total. The highest BCUT2D eigenvalue weighted by Crippen LogP contribution is 2.40. The van der Waals surface area contributed by atoms with Gasteiger partial charge in [0.2, 0.25) is 0 Å². The van der Waals surface area contributed by atoms with Crippen molar-refractivity contribution in [1.82, 2.24) is 0 Å². The Morgan fingerprint density at radius 2 is 1.61 bits per heavy atom. The van der Waals surface area contributed by atoms with Crippen LogP contribution in [0.25, 0.3) is 6.08 Å². The van der Waals surface area contributed by atoms with Gasteiger partial charge in [-0.2, -0.15) is 0 Å². The first-order valence-electron chi connectivity index (χ1n) is 7.24. The van der Waals surface area contributed by atoms with Crippen LogP contribution >= 0.6 is 0 Å². The van der Waals surface area contributed by atoms with Gasteiger partial charge in [-0.25, -0.2) is 0 Å². The molecule has 0 aliphatic heterocycles. The zero-order valence-electron chi connectivity index (χ0n) is 13.5. The summed E-state index contributed by atoms with van der Waals surface area (Å²) in [6.07, 6.45) is 6.26. The number of benzene rings is 1. The van der Waals surface area contributed by atoms with Gasteiger partial charge in [-0.05, 0) is 30.5 Å². The number of rotatable bonds is 5. The lowest BCUT2D eigenvalue weighted by Crippen LogP contribution is -2.39. The van der Waals surface area contributed by atoms with Gasteiger partial charge in [0, 0.05) is 0 Å². The Kier molecular flexibility index (Phi) is 5.21. The van der Waals surface area contributed by atoms with Crippen molar-refractivity contribution in [2.75, 3.05) is 21.3 Å². The number of hydrogen-bond donors (Lipinski definition) is 0. The summed E-state index contributed by atoms with van der Waals surface area (Å²) < 4.78 is 14.7. The van der Waals surface area contributed by atoms with Crippen molar-refractivity contribution in [3.05, 3.63) is 47.6 Å². The maximum atomic E-state index is 12.0. The second kappa shape index (κ2) is 7.13. The van der Waals surface area contributed by atoms with Crippen LogP contribution in [0.15, 0.2) is 42.0 Å². The van der Waals surface area contributed by atoms with Crippen LogP contribution in [0, 0.1) is 5.41 Å². The third kappa shape index (κ3) is 3.44. The van der Waals surface area contributed by atoms with Crippen LogP contribution in [0.5, 0.6) is 5.75 Å². The molecule has 0 atom stereocenters. The number of carbonyl (C=O) groups is 2. The van der Waals surface area contributed by atoms with Gasteiger partial charge in [-0.15, -0.1) is 0 Å². The van der Waals surface area contributed by atoms with Crippen molar-refractivity contribution >= 4 is 18.0 Å². The van der Waals surface area contributed by atoms with E-state index in [4.69, 9.17) is 14.2 Å². The molecule has 0 amide bonds. The van der Waals surface area contributed by atoms with E-state index in [0.717, 1.165) is 16.9 Å². The number of hydrogen-bond acceptors (Lipinski definition) is 5. The Morgan fingerprint density at radius 3 is 2.13 bits per heavy atom. The molecule has 0 heterocycles. The Bertz CT molecular complexity index is 624. The molecule has 1 aromatic rings. The molecule has 0 radical (unpaired) electrons. The predicted molar refractivity (Wildman–Crippen MR) is 85.8 cm³/mol. The van der Waals surface area contributed by atoms with Crippen molar-refractivity contribution in [2.45, 2.75) is 12.8 Å². The fourth-order valence-electron chi connectivity index (χ4n) is 2.63. The number of ether oxygens (including phenoxy) is 3. The fraction of sp³-hybridized carbons (Fsp3) is 0.333. The first kappa shape index (κ1) is 16.8. The van der Waals surface area contributed by atoms with Crippen molar-refractivity contribution in [3.63, 3.8) is 0 Å². The minimum absolute atomic E-state index is 0.277. The van der Waals surface area contributed by atoms with Gasteiger partial charge >= 0.3 is 11.9 Å². The molecule has 122 valence electrons. The summed E-state index contributed by atoms with van der Waals surface area (Å²) >= 11 is 0. The van der Waals surface area contributed by atoms with Crippen LogP contribution in [-0.2, 0) is 19.1 Å². The van der Waals surface area contributed by atoms with Gasteiger partial charge in [0.1, 0.15) is 5.75 Å². The van der Waals surface area contributed by atoms with Crippen LogP contribution in [-0.4, -0.2) is 33.3 Å². The Labute approximate surface area is 135 Å². The lowest BCUT2D eigenvalue weighted by atomic mass is 9.84. The molecular formula is C18H20O5. The Balaban J connectivity index is 2.12. The molecule has 0 spiro atoms. The minimum atomic E-state index is -1.26. The molecule has 0 saturated heterocycles. The van der Waals surface area contributed by atoms with E-state index in [0.29, 0.717) is 0 Å². The smallest absolute Gasteiger partial charge is 0.323 e. The van der Waals surface area contributed by atoms with Gasteiger partial charge in [0.15, 0.2) is 5.41 Å². The fourth-order valence-corrected chi connectivity index (χ4v) is 2.63. The first-order chi connectivity index (χ1) is 11.1. The highest BCUT2D eigenvalue weighted by Gasteiger charge is 2.50. The summed E-state index contributed by atoms with van der Waals surface area (Å²) in [6, 6.07) is 7.60. The molecule has 5 heteroatoms. The third-order valence-electron chi connectivity index (χ3n) is 3.98. The van der Waals surface area contributed by atoms with E-state index in [1.165, 1.54) is 14.2 Å². The largest absolute Gasteiger partial charge is 0.497 e. The van der Waals surface area contributed by atoms with E-state index in [1.807, 2.05) is 42.5 Å². The summed E-state index contributed by atoms with van der Waals surface area (Å²) in [6.45, 7) is 0. The Morgan fingerprint density at radius 1 is 1.00 bits per heavy atom. The monoisotopic (exact) mass is 316 g/mol. The van der Waals surface area contributed by atoms with Crippen LogP contribution in [0.2, 0.25) is 0 Å². The standard InChI is InChI=1S/C18H20O5/c1-21-15-8-6-13(7-9-15)4-5-14-10-11-18(12-14,16(19)22-2)17(20)23-3/h4-10H,11-12H2,1-3H3/b5-4+. The van der Waals surface area contributed by atoms with E-state index in [9.17, 15) is 9.59 Å². The van der Waals surface area contributed by atoms with Crippen molar-refractivity contribution in [3.8, 4) is 5.75 Å². The highest BCUT2D eigenvalue weighted by atomic mass is 16.5. The number of carbonyl (C=O) groups excluding carboxylic acids is 2. The molecule has 2 rings (SSSR count). The number of esters is 2. The number of allylic oxidation sites excluding steroid dienone is 3. The topological polar surface area (TPSA) is 61.8 Å². The number of methoxy groups -OCH3 is 3. The third-order valence-corrected chi connectivity index (χ3v) is 3.98. The second-order valence-electron chi connectivity index (χ2n) is 5.33. The van der Waals surface area contributed by atoms with Gasteiger partial charge in [-0.3, -0.25) is 9.59 Å². The molecule has 0 bridgehead atoms. The molecule has 23 heavy (non-hydrogen) atoms. The summed E-state index contributed by atoms with van der Waals surface area (Å²) in [5.41, 5.74) is 0.639. The lowest BCUT2D eigenvalue weighted by molar-refractivity contribution is -0.168. The Hall–Kier alpha value is -2.56. The van der Waals surface area contributed by atoms with Crippen molar-refractivity contribution in [1.29, 1.82) is 0 Å². The van der Waals surface area contributed by atoms with Gasteiger partial charge in [0.25, 0.3) is 0 Å². The van der Waals surface area contributed by atoms with Crippen LogP contribution in [0.4, 0.5) is 0 Å². The predicted octanol–water partition coefficient (Wildman–Crippen LogP) is 2.76. The van der Waals surface area contributed by atoms with Crippen LogP contribution in [0.3, 0.4) is 0 Å². The molecule has 0 fully saturated rings. The average molecular weight is 316 g/mol. The minimum Gasteiger partial charge on any atom is -0.497 e. The van der Waals surface area contributed by atoms with E-state index < -0.39 is 17.4 Å². The van der Waals surface area contributed by atoms with Crippen LogP contribution in [0.1, 0.15) is 18.4 Å². The molecule has 5 nitrogen and oxygen atoms in total. The van der Waals surface area contributed by atoms with E-state index in [2.05, 4.69) is 0 Å². The maximum absolute atomic E-state index is 12.0. The molecule has 0 saturated carbocycles. The lowest BCUT2D eigenvalue weighted by Gasteiger charge is -2.22. The van der Waals surface area contributed by atoms with Gasteiger partial charge in [-0.1, -0.05) is 35.9 Å². The van der Waals surface area contributed by atoms with Crippen molar-refractivity contribution in [2.24, 2.45) is 5.41 Å². The summed E-state index contributed by atoms with van der Waals surface area (Å²) in [4.78, 5) is 24.1. The first-order valence-corrected chi connectivity index (χ1v) is 7.24.